The van der Waals surface area contributed by atoms with E-state index in [9.17, 15) is 56.7 Å². The molecule has 75 heavy (non-hydrogen) atoms. The Labute approximate surface area is 441 Å². The fraction of sp³-hybridized carbons (Fsp3) is 0.551. The summed E-state index contributed by atoms with van der Waals surface area (Å²) in [6, 6.07) is 8.19. The van der Waals surface area contributed by atoms with E-state index in [1.54, 1.807) is 69.6 Å². The Hall–Kier alpha value is -4.26. The average molecular weight is 1140 g/mol. The first-order chi connectivity index (χ1) is 35.4. The van der Waals surface area contributed by atoms with Crippen LogP contribution in [0.25, 0.3) is 0 Å². The molecule has 1 atom stereocenters. The van der Waals surface area contributed by atoms with Crippen LogP contribution in [0.5, 0.6) is 0 Å². The molecule has 2 aromatic rings. The normalized spacial score (nSPS) is 15.8. The molecule has 0 saturated carbocycles. The van der Waals surface area contributed by atoms with Crippen molar-refractivity contribution in [3.05, 3.63) is 95.8 Å². The predicted octanol–water partition coefficient (Wildman–Crippen LogP) is 5.61. The Kier molecular flexibility index (Phi) is 28.2. The van der Waals surface area contributed by atoms with Crippen molar-refractivity contribution in [2.24, 2.45) is 0 Å². The van der Waals surface area contributed by atoms with Crippen molar-refractivity contribution < 1.29 is 94.8 Å². The molecule has 22 nitrogen and oxygen atoms in total. The molecule has 0 saturated heterocycles. The molecule has 5 N–H and O–H groups in total. The molecule has 0 amide bonds. The molecule has 3 rings (SSSR count). The van der Waals surface area contributed by atoms with Gasteiger partial charge < -0.3 is 38.4 Å². The minimum atomic E-state index is -4.63. The molecule has 0 radical (unpaired) electrons. The van der Waals surface area contributed by atoms with Gasteiger partial charge in [0.2, 0.25) is 5.69 Å². The minimum Gasteiger partial charge on any atom is -0.481 e. The molecule has 1 aliphatic rings. The third kappa shape index (κ3) is 24.7. The molecule has 1 unspecified atom stereocenters. The number of nitrogens with zero attached hydrogens (tertiary/aromatic N) is 2. The number of anilines is 1. The maximum absolute atomic E-state index is 12.3. The maximum atomic E-state index is 12.3. The highest BCUT2D eigenvalue weighted by Crippen LogP contribution is 2.44. The number of rotatable bonds is 40. The van der Waals surface area contributed by atoms with E-state index in [0.29, 0.717) is 113 Å². The monoisotopic (exact) mass is 1140 g/mol. The van der Waals surface area contributed by atoms with Crippen molar-refractivity contribution in [3.8, 4) is 0 Å². The number of benzene rings is 2. The zero-order valence-corrected chi connectivity index (χ0v) is 45.9. The summed E-state index contributed by atoms with van der Waals surface area (Å²) >= 11 is 0. The Bertz CT molecular complexity index is 2760. The van der Waals surface area contributed by atoms with E-state index in [2.05, 4.69) is 0 Å². The highest BCUT2D eigenvalue weighted by molar-refractivity contribution is 7.86. The fourth-order valence-electron chi connectivity index (χ4n) is 8.07. The van der Waals surface area contributed by atoms with Crippen LogP contribution in [-0.4, -0.2) is 178 Å². The number of ether oxygens (including phenoxy) is 6. The van der Waals surface area contributed by atoms with Crippen molar-refractivity contribution in [2.45, 2.75) is 80.4 Å². The number of methoxy groups -OCH3 is 1. The Balaban J connectivity index is 1.87. The van der Waals surface area contributed by atoms with E-state index >= 15 is 0 Å². The number of fused-ring (bicyclic) bond motifs is 1. The standard InChI is InChI=1S/C49H72N2O20S4/c1-40-38-42(74(60,61)62)18-20-45(40)50(24-25-67-28-29-69-32-33-71-35-34-70-31-30-68-27-26-66-3)41(15-12-36-72(54,55)56)14-8-5-4-6-9-16-47-49(2,22-13-37-73(57,58)59)44-39-43(75(63,64)65)19-21-46(44)51(47)23-11-7-10-17-48(52)53/h4-6,8-9,14,16,18-21,38-39H,7,10-13,15,17,22-37H2,1-3H3,(H4-,52,53,54,55,56,57,58,59,60,61,62,63,64,65)/p+1. The maximum Gasteiger partial charge on any atom is 0.303 e. The predicted molar refractivity (Wildman–Crippen MR) is 281 cm³/mol. The van der Waals surface area contributed by atoms with Gasteiger partial charge in [-0.05, 0) is 94.3 Å². The molecule has 2 aromatic carbocycles. The summed E-state index contributed by atoms with van der Waals surface area (Å²) in [4.78, 5) is 12.3. The first kappa shape index (κ1) is 65.0. The minimum absolute atomic E-state index is 0.00461. The molecule has 422 valence electrons. The number of hydrogen-bond acceptors (Lipinski definition) is 16. The number of hydrogen-bond donors (Lipinski definition) is 5. The van der Waals surface area contributed by atoms with Gasteiger partial charge in [-0.2, -0.15) is 38.2 Å². The van der Waals surface area contributed by atoms with E-state index in [-0.39, 0.29) is 68.3 Å². The summed E-state index contributed by atoms with van der Waals surface area (Å²) in [6.07, 6.45) is 13.7. The molecule has 0 bridgehead atoms. The van der Waals surface area contributed by atoms with Crippen molar-refractivity contribution in [1.82, 2.24) is 0 Å². The van der Waals surface area contributed by atoms with Gasteiger partial charge in [-0.15, -0.1) is 0 Å². The van der Waals surface area contributed by atoms with Gasteiger partial charge in [-0.1, -0.05) is 30.4 Å². The third-order valence-electron chi connectivity index (χ3n) is 11.7. The van der Waals surface area contributed by atoms with E-state index in [1.165, 1.54) is 30.3 Å². The molecule has 0 spiro atoms. The highest BCUT2D eigenvalue weighted by Gasteiger charge is 2.48. The second-order valence-corrected chi connectivity index (χ2v) is 23.4. The summed E-state index contributed by atoms with van der Waals surface area (Å²) in [5.74, 6) is -2.03. The molecule has 26 heteroatoms. The SMILES string of the molecule is COCCOCCOCCOCCOCCOCCN(/C(=C/C=C/C=C/C=C/C1=[N+](CCCCCC(=O)O)c2ccc(S(=O)(=O)O)cc2C1(C)CCCS(=O)(=O)O)CCCS(=O)(=O)O)c1ccc(S(=O)(=O)O)cc1C. The first-order valence-corrected chi connectivity index (χ1v) is 30.3. The van der Waals surface area contributed by atoms with Gasteiger partial charge in [0.25, 0.3) is 40.5 Å². The molecule has 0 aliphatic carbocycles. The molecule has 0 aromatic heterocycles. The summed E-state index contributed by atoms with van der Waals surface area (Å²) in [5.41, 5.74) is 2.27. The van der Waals surface area contributed by atoms with Crippen LogP contribution in [0.3, 0.4) is 0 Å². The van der Waals surface area contributed by atoms with Crippen molar-refractivity contribution in [3.63, 3.8) is 0 Å². The quantitative estimate of drug-likeness (QED) is 0.0234. The summed E-state index contributed by atoms with van der Waals surface area (Å²) < 4.78 is 169. The number of allylic oxidation sites excluding steroid dienone is 8. The number of aliphatic carboxylic acids is 1. The summed E-state index contributed by atoms with van der Waals surface area (Å²) in [6.45, 7) is 7.98. The fourth-order valence-corrected chi connectivity index (χ4v) is 10.2. The Morgan fingerprint density at radius 1 is 0.627 bits per heavy atom. The van der Waals surface area contributed by atoms with Crippen LogP contribution in [0.4, 0.5) is 11.4 Å². The third-order valence-corrected chi connectivity index (χ3v) is 15.0. The molecular formula is C49H73N2O20S4+. The highest BCUT2D eigenvalue weighted by atomic mass is 32.2. The average Bonchev–Trinajstić information content (AvgIpc) is 3.54. The van der Waals surface area contributed by atoms with Crippen molar-refractivity contribution >= 4 is 63.5 Å². The van der Waals surface area contributed by atoms with Crippen LogP contribution >= 0.6 is 0 Å². The number of carboxylic acids is 1. The number of carboxylic acid groups (broad SMARTS) is 1. The summed E-state index contributed by atoms with van der Waals surface area (Å²) in [5, 5.41) is 9.14. The smallest absolute Gasteiger partial charge is 0.303 e. The second-order valence-electron chi connectivity index (χ2n) is 17.4. The van der Waals surface area contributed by atoms with Gasteiger partial charge in [0.1, 0.15) is 6.54 Å². The molecule has 0 fully saturated rings. The van der Waals surface area contributed by atoms with E-state index in [4.69, 9.17) is 33.5 Å². The lowest BCUT2D eigenvalue weighted by molar-refractivity contribution is -0.438. The lowest BCUT2D eigenvalue weighted by Crippen LogP contribution is -2.32. The van der Waals surface area contributed by atoms with Crippen LogP contribution in [-0.2, 0) is 79.1 Å². The number of unbranched alkanes of at least 4 members (excludes halogenated alkanes) is 2. The van der Waals surface area contributed by atoms with E-state index in [1.807, 2.05) is 9.48 Å². The van der Waals surface area contributed by atoms with E-state index in [0.717, 1.165) is 0 Å². The Morgan fingerprint density at radius 2 is 1.15 bits per heavy atom. The summed E-state index contributed by atoms with van der Waals surface area (Å²) in [7, 11) is -16.3. The lowest BCUT2D eigenvalue weighted by Gasteiger charge is -2.29. The number of aryl methyl sites for hydroxylation is 1. The van der Waals surface area contributed by atoms with Gasteiger partial charge >= 0.3 is 5.97 Å². The van der Waals surface area contributed by atoms with Crippen molar-refractivity contribution in [1.29, 1.82) is 0 Å². The zero-order valence-electron chi connectivity index (χ0n) is 42.7. The van der Waals surface area contributed by atoms with Gasteiger partial charge in [-0.3, -0.25) is 23.0 Å². The molecule has 1 aliphatic heterocycles. The van der Waals surface area contributed by atoms with Crippen LogP contribution < -0.4 is 4.90 Å². The zero-order chi connectivity index (χ0) is 55.5. The van der Waals surface area contributed by atoms with Crippen molar-refractivity contribution in [2.75, 3.05) is 109 Å². The lowest BCUT2D eigenvalue weighted by atomic mass is 9.76. The van der Waals surface area contributed by atoms with Gasteiger partial charge in [0, 0.05) is 55.6 Å². The first-order valence-electron chi connectivity index (χ1n) is 24.2. The van der Waals surface area contributed by atoms with E-state index < -0.39 is 63.4 Å². The Morgan fingerprint density at radius 3 is 1.69 bits per heavy atom. The van der Waals surface area contributed by atoms with Crippen LogP contribution in [0.1, 0.15) is 69.4 Å². The number of carbonyl (C=O) groups is 1. The van der Waals surface area contributed by atoms with Crippen LogP contribution in [0.2, 0.25) is 0 Å². The topological polar surface area (TPSA) is 316 Å². The van der Waals surface area contributed by atoms with Gasteiger partial charge in [-0.25, -0.2) is 0 Å². The van der Waals surface area contributed by atoms with Crippen LogP contribution in [0.15, 0.2) is 94.4 Å². The molecular weight excluding hydrogens is 1060 g/mol. The van der Waals surface area contributed by atoms with Gasteiger partial charge in [0.05, 0.1) is 99.4 Å². The molecule has 1 heterocycles. The largest absolute Gasteiger partial charge is 0.481 e. The second kappa shape index (κ2) is 32.5. The van der Waals surface area contributed by atoms with Crippen LogP contribution in [0, 0.1) is 6.92 Å². The van der Waals surface area contributed by atoms with Gasteiger partial charge in [0.15, 0.2) is 5.71 Å².